The van der Waals surface area contributed by atoms with Gasteiger partial charge in [0.25, 0.3) is 10.0 Å². The van der Waals surface area contributed by atoms with Gasteiger partial charge in [0, 0.05) is 6.20 Å². The van der Waals surface area contributed by atoms with E-state index >= 15 is 0 Å². The van der Waals surface area contributed by atoms with Crippen LogP contribution >= 0.6 is 15.9 Å². The van der Waals surface area contributed by atoms with Crippen LogP contribution in [-0.4, -0.2) is 18.5 Å². The minimum Gasteiger partial charge on any atom is -0.392 e. The molecule has 0 spiro atoms. The second-order valence-electron chi connectivity index (χ2n) is 3.71. The van der Waals surface area contributed by atoms with E-state index in [1.807, 2.05) is 0 Å². The Hall–Kier alpha value is -1.44. The quantitative estimate of drug-likeness (QED) is 0.891. The second-order valence-corrected chi connectivity index (χ2v) is 6.21. The van der Waals surface area contributed by atoms with E-state index in [-0.39, 0.29) is 17.3 Å². The van der Waals surface area contributed by atoms with Gasteiger partial charge in [0.1, 0.15) is 0 Å². The minimum atomic E-state index is -3.78. The van der Waals surface area contributed by atoms with Crippen molar-refractivity contribution < 1.29 is 13.5 Å². The van der Waals surface area contributed by atoms with Crippen LogP contribution in [0.15, 0.2) is 52.0 Å². The van der Waals surface area contributed by atoms with Crippen molar-refractivity contribution in [1.29, 1.82) is 0 Å². The molecule has 19 heavy (non-hydrogen) atoms. The van der Waals surface area contributed by atoms with E-state index in [9.17, 15) is 13.5 Å². The number of aromatic nitrogens is 1. The van der Waals surface area contributed by atoms with Gasteiger partial charge in [0.2, 0.25) is 0 Å². The predicted octanol–water partition coefficient (Wildman–Crippen LogP) is 2.14. The van der Waals surface area contributed by atoms with Crippen molar-refractivity contribution in [2.75, 3.05) is 4.72 Å². The maximum absolute atomic E-state index is 12.3. The van der Waals surface area contributed by atoms with Crippen molar-refractivity contribution in [2.45, 2.75) is 11.5 Å². The lowest BCUT2D eigenvalue weighted by molar-refractivity contribution is 0.278. The van der Waals surface area contributed by atoms with Gasteiger partial charge in [-0.1, -0.05) is 18.2 Å². The Labute approximate surface area is 119 Å². The summed E-state index contributed by atoms with van der Waals surface area (Å²) in [4.78, 5) is 3.98. The number of nitrogens with one attached hydrogen (secondary N) is 1. The number of nitrogens with zero attached hydrogens (tertiary/aromatic N) is 1. The lowest BCUT2D eigenvalue weighted by Gasteiger charge is -2.11. The first kappa shape index (κ1) is 14.0. The summed E-state index contributed by atoms with van der Waals surface area (Å²) in [6.45, 7) is -0.347. The Balaban J connectivity index is 2.41. The average Bonchev–Trinajstić information content (AvgIpc) is 2.41. The summed E-state index contributed by atoms with van der Waals surface area (Å²) in [7, 11) is -3.78. The number of hydrogen-bond donors (Lipinski definition) is 2. The highest BCUT2D eigenvalue weighted by atomic mass is 79.9. The van der Waals surface area contributed by atoms with E-state index in [0.29, 0.717) is 10.0 Å². The third kappa shape index (κ3) is 3.12. The molecule has 2 N–H and O–H groups in total. The lowest BCUT2D eigenvalue weighted by atomic mass is 10.2. The molecular weight excluding hydrogens is 332 g/mol. The summed E-state index contributed by atoms with van der Waals surface area (Å²) < 4.78 is 27.4. The molecule has 0 saturated heterocycles. The molecule has 7 heteroatoms. The van der Waals surface area contributed by atoms with Crippen LogP contribution in [-0.2, 0) is 16.6 Å². The fourth-order valence-electron chi connectivity index (χ4n) is 1.54. The van der Waals surface area contributed by atoms with Gasteiger partial charge in [-0.05, 0) is 39.7 Å². The van der Waals surface area contributed by atoms with Gasteiger partial charge in [0.15, 0.2) is 5.82 Å². The Kier molecular flexibility index (Phi) is 4.18. The normalized spacial score (nSPS) is 11.3. The van der Waals surface area contributed by atoms with E-state index in [4.69, 9.17) is 0 Å². The standard InChI is InChI=1S/C12H11BrN2O3S/c13-10-5-3-7-14-12(10)15-19(17,18)11-6-2-1-4-9(11)8-16/h1-7,16H,8H2,(H,14,15). The van der Waals surface area contributed by atoms with Crippen LogP contribution in [0.2, 0.25) is 0 Å². The van der Waals surface area contributed by atoms with Crippen LogP contribution in [0.5, 0.6) is 0 Å². The molecule has 0 radical (unpaired) electrons. The fraction of sp³-hybridized carbons (Fsp3) is 0.0833. The van der Waals surface area contributed by atoms with Gasteiger partial charge in [-0.25, -0.2) is 13.4 Å². The van der Waals surface area contributed by atoms with Gasteiger partial charge in [0.05, 0.1) is 16.0 Å². The molecule has 0 atom stereocenters. The maximum Gasteiger partial charge on any atom is 0.263 e. The summed E-state index contributed by atoms with van der Waals surface area (Å²) in [6.07, 6.45) is 1.49. The number of hydrogen-bond acceptors (Lipinski definition) is 4. The summed E-state index contributed by atoms with van der Waals surface area (Å²) >= 11 is 3.22. The highest BCUT2D eigenvalue weighted by Gasteiger charge is 2.19. The molecule has 0 bridgehead atoms. The molecule has 0 aliphatic heterocycles. The Morgan fingerprint density at radius 2 is 1.95 bits per heavy atom. The Morgan fingerprint density at radius 3 is 2.63 bits per heavy atom. The van der Waals surface area contributed by atoms with Crippen molar-refractivity contribution in [2.24, 2.45) is 0 Å². The zero-order valence-electron chi connectivity index (χ0n) is 9.75. The molecule has 1 heterocycles. The van der Waals surface area contributed by atoms with Crippen LogP contribution in [0.1, 0.15) is 5.56 Å². The molecule has 1 aromatic carbocycles. The highest BCUT2D eigenvalue weighted by molar-refractivity contribution is 9.10. The highest BCUT2D eigenvalue weighted by Crippen LogP contribution is 2.23. The average molecular weight is 343 g/mol. The molecule has 5 nitrogen and oxygen atoms in total. The van der Waals surface area contributed by atoms with Crippen molar-refractivity contribution in [3.8, 4) is 0 Å². The van der Waals surface area contributed by atoms with Crippen molar-refractivity contribution >= 4 is 31.8 Å². The number of benzene rings is 1. The zero-order chi connectivity index (χ0) is 13.9. The van der Waals surface area contributed by atoms with Crippen molar-refractivity contribution in [3.05, 3.63) is 52.6 Å². The van der Waals surface area contributed by atoms with Crippen LogP contribution in [0.3, 0.4) is 0 Å². The first-order chi connectivity index (χ1) is 9.04. The van der Waals surface area contributed by atoms with E-state index in [0.717, 1.165) is 0 Å². The SMILES string of the molecule is O=S(=O)(Nc1ncccc1Br)c1ccccc1CO. The molecule has 1 aromatic heterocycles. The van der Waals surface area contributed by atoms with Gasteiger partial charge in [-0.15, -0.1) is 0 Å². The van der Waals surface area contributed by atoms with E-state index < -0.39 is 10.0 Å². The van der Waals surface area contributed by atoms with E-state index in [1.165, 1.54) is 12.3 Å². The predicted molar refractivity (Wildman–Crippen MR) is 75.1 cm³/mol. The smallest absolute Gasteiger partial charge is 0.263 e. The molecule has 0 unspecified atom stereocenters. The number of anilines is 1. The summed E-state index contributed by atoms with van der Waals surface area (Å²) in [5.74, 6) is 0.204. The summed E-state index contributed by atoms with van der Waals surface area (Å²) in [5, 5.41) is 9.19. The van der Waals surface area contributed by atoms with Gasteiger partial charge < -0.3 is 5.11 Å². The zero-order valence-corrected chi connectivity index (χ0v) is 12.1. The molecule has 0 aliphatic carbocycles. The molecule has 0 fully saturated rings. The molecule has 100 valence electrons. The first-order valence-corrected chi connectivity index (χ1v) is 7.64. The van der Waals surface area contributed by atoms with Gasteiger partial charge in [-0.3, -0.25) is 4.72 Å². The molecule has 2 rings (SSSR count). The van der Waals surface area contributed by atoms with Crippen molar-refractivity contribution in [1.82, 2.24) is 4.98 Å². The molecule has 0 amide bonds. The Morgan fingerprint density at radius 1 is 1.21 bits per heavy atom. The van der Waals surface area contributed by atoms with E-state index in [1.54, 1.807) is 30.3 Å². The lowest BCUT2D eigenvalue weighted by Crippen LogP contribution is -2.16. The summed E-state index contributed by atoms with van der Waals surface area (Å²) in [6, 6.07) is 9.63. The number of sulfonamides is 1. The van der Waals surface area contributed by atoms with E-state index in [2.05, 4.69) is 25.6 Å². The number of halogens is 1. The second kappa shape index (κ2) is 5.68. The maximum atomic E-state index is 12.3. The largest absolute Gasteiger partial charge is 0.392 e. The number of pyridine rings is 1. The summed E-state index contributed by atoms with van der Waals surface area (Å²) in [5.41, 5.74) is 0.335. The molecule has 0 aliphatic rings. The Bertz CT molecular complexity index is 689. The topological polar surface area (TPSA) is 79.3 Å². The first-order valence-electron chi connectivity index (χ1n) is 5.36. The van der Waals surface area contributed by atoms with Crippen LogP contribution in [0.4, 0.5) is 5.82 Å². The molecule has 2 aromatic rings. The van der Waals surface area contributed by atoms with Crippen molar-refractivity contribution in [3.63, 3.8) is 0 Å². The van der Waals surface area contributed by atoms with Gasteiger partial charge in [-0.2, -0.15) is 0 Å². The van der Waals surface area contributed by atoms with Gasteiger partial charge >= 0.3 is 0 Å². The number of aliphatic hydroxyl groups is 1. The molecule has 0 saturated carbocycles. The minimum absolute atomic E-state index is 0.0371. The third-order valence-electron chi connectivity index (χ3n) is 2.42. The number of aliphatic hydroxyl groups excluding tert-OH is 1. The number of rotatable bonds is 4. The monoisotopic (exact) mass is 342 g/mol. The van der Waals surface area contributed by atoms with Crippen LogP contribution < -0.4 is 4.72 Å². The van der Waals surface area contributed by atoms with Crippen LogP contribution in [0, 0.1) is 0 Å². The third-order valence-corrected chi connectivity index (χ3v) is 4.50. The van der Waals surface area contributed by atoms with Crippen LogP contribution in [0.25, 0.3) is 0 Å². The molecular formula is C12H11BrN2O3S. The fourth-order valence-corrected chi connectivity index (χ4v) is 3.29.